The molecule has 3 aromatic rings. The minimum atomic E-state index is -0.590. The van der Waals surface area contributed by atoms with E-state index in [-0.39, 0.29) is 5.82 Å². The Morgan fingerprint density at radius 1 is 1.32 bits per heavy atom. The summed E-state index contributed by atoms with van der Waals surface area (Å²) in [5, 5.41) is 9.80. The van der Waals surface area contributed by atoms with Crippen LogP contribution < -0.4 is 10.6 Å². The van der Waals surface area contributed by atoms with E-state index in [9.17, 15) is 9.18 Å². The number of aromatic nitrogens is 4. The molecule has 0 aliphatic carbocycles. The van der Waals surface area contributed by atoms with E-state index >= 15 is 0 Å². The summed E-state index contributed by atoms with van der Waals surface area (Å²) in [6.45, 7) is 1.80. The van der Waals surface area contributed by atoms with Crippen molar-refractivity contribution in [3.8, 4) is 0 Å². The molecule has 0 saturated heterocycles. The number of carbonyl (C=O) groups is 1. The van der Waals surface area contributed by atoms with Crippen molar-refractivity contribution in [1.82, 2.24) is 24.6 Å². The Morgan fingerprint density at radius 3 is 2.72 bits per heavy atom. The predicted octanol–water partition coefficient (Wildman–Crippen LogP) is 2.51. The number of nitrogens with zero attached hydrogens (tertiary/aromatic N) is 4. The molecular weight excluding hydrogens is 323 g/mol. The van der Waals surface area contributed by atoms with E-state index in [2.05, 4.69) is 20.7 Å². The molecular formula is C17H19FN6O. The first-order valence-electron chi connectivity index (χ1n) is 7.74. The number of hydrogen-bond acceptors (Lipinski definition) is 3. The van der Waals surface area contributed by atoms with Gasteiger partial charge in [0.1, 0.15) is 17.7 Å². The van der Waals surface area contributed by atoms with Gasteiger partial charge in [-0.1, -0.05) is 12.1 Å². The molecule has 0 bridgehead atoms. The van der Waals surface area contributed by atoms with Crippen LogP contribution >= 0.6 is 0 Å². The number of hydrogen-bond donors (Lipinski definition) is 2. The van der Waals surface area contributed by atoms with Gasteiger partial charge >= 0.3 is 6.03 Å². The van der Waals surface area contributed by atoms with Crippen molar-refractivity contribution in [2.75, 3.05) is 5.32 Å². The number of rotatable bonds is 4. The number of benzene rings is 1. The van der Waals surface area contributed by atoms with Gasteiger partial charge in [-0.05, 0) is 24.6 Å². The SMILES string of the molecule is Cc1nn(C)cc1NC(=O)NC(c1cccc(F)c1)c1nccn1C. The molecule has 0 radical (unpaired) electrons. The summed E-state index contributed by atoms with van der Waals surface area (Å²) in [7, 11) is 3.60. The topological polar surface area (TPSA) is 76.8 Å². The summed E-state index contributed by atoms with van der Waals surface area (Å²) in [6.07, 6.45) is 5.12. The second-order valence-electron chi connectivity index (χ2n) is 5.78. The lowest BCUT2D eigenvalue weighted by Gasteiger charge is -2.19. The summed E-state index contributed by atoms with van der Waals surface area (Å²) >= 11 is 0. The second-order valence-corrected chi connectivity index (χ2v) is 5.78. The highest BCUT2D eigenvalue weighted by molar-refractivity contribution is 5.90. The lowest BCUT2D eigenvalue weighted by Crippen LogP contribution is -2.34. The third kappa shape index (κ3) is 3.68. The van der Waals surface area contributed by atoms with Crippen LogP contribution in [0.25, 0.3) is 0 Å². The number of halogens is 1. The van der Waals surface area contributed by atoms with Gasteiger partial charge in [0.05, 0.1) is 11.4 Å². The van der Waals surface area contributed by atoms with Crippen molar-refractivity contribution in [2.45, 2.75) is 13.0 Å². The number of nitrogens with one attached hydrogen (secondary N) is 2. The van der Waals surface area contributed by atoms with Gasteiger partial charge in [-0.15, -0.1) is 0 Å². The Balaban J connectivity index is 1.86. The molecule has 0 spiro atoms. The normalized spacial score (nSPS) is 12.0. The van der Waals surface area contributed by atoms with Crippen LogP contribution in [0.3, 0.4) is 0 Å². The zero-order valence-electron chi connectivity index (χ0n) is 14.2. The molecule has 1 atom stereocenters. The van der Waals surface area contributed by atoms with Crippen LogP contribution in [0.4, 0.5) is 14.9 Å². The van der Waals surface area contributed by atoms with Gasteiger partial charge in [-0.3, -0.25) is 4.68 Å². The quantitative estimate of drug-likeness (QED) is 0.765. The molecule has 0 aliphatic heterocycles. The standard InChI is InChI=1S/C17H19FN6O/c1-11-14(10-24(3)22-11)20-17(25)21-15(16-19-7-8-23(16)2)12-5-4-6-13(18)9-12/h4-10,15H,1-3H3,(H2,20,21,25). The van der Waals surface area contributed by atoms with Gasteiger partial charge in [-0.25, -0.2) is 14.2 Å². The molecule has 1 aromatic carbocycles. The van der Waals surface area contributed by atoms with Crippen molar-refractivity contribution in [1.29, 1.82) is 0 Å². The van der Waals surface area contributed by atoms with E-state index in [0.29, 0.717) is 22.8 Å². The van der Waals surface area contributed by atoms with Crippen LogP contribution in [-0.4, -0.2) is 25.4 Å². The number of carbonyl (C=O) groups excluding carboxylic acids is 1. The van der Waals surface area contributed by atoms with Gasteiger partial charge in [0.15, 0.2) is 0 Å². The monoisotopic (exact) mass is 342 g/mol. The highest BCUT2D eigenvalue weighted by Crippen LogP contribution is 2.21. The van der Waals surface area contributed by atoms with Crippen LogP contribution in [0.5, 0.6) is 0 Å². The number of aryl methyl sites for hydroxylation is 3. The van der Waals surface area contributed by atoms with E-state index in [1.807, 2.05) is 7.05 Å². The lowest BCUT2D eigenvalue weighted by molar-refractivity contribution is 0.249. The maximum absolute atomic E-state index is 13.6. The molecule has 0 fully saturated rings. The molecule has 3 rings (SSSR count). The van der Waals surface area contributed by atoms with Crippen molar-refractivity contribution >= 4 is 11.7 Å². The van der Waals surface area contributed by atoms with Crippen LogP contribution in [0.15, 0.2) is 42.9 Å². The molecule has 130 valence electrons. The zero-order valence-corrected chi connectivity index (χ0v) is 14.2. The molecule has 2 N–H and O–H groups in total. The predicted molar refractivity (Wildman–Crippen MR) is 91.6 cm³/mol. The van der Waals surface area contributed by atoms with Gasteiger partial charge < -0.3 is 15.2 Å². The van der Waals surface area contributed by atoms with Gasteiger partial charge in [0.2, 0.25) is 0 Å². The first-order valence-corrected chi connectivity index (χ1v) is 7.74. The number of urea groups is 1. The summed E-state index contributed by atoms with van der Waals surface area (Å²) < 4.78 is 17.0. The summed E-state index contributed by atoms with van der Waals surface area (Å²) in [5.74, 6) is 0.227. The average Bonchev–Trinajstić information content (AvgIpc) is 3.10. The van der Waals surface area contributed by atoms with Crippen LogP contribution in [0.1, 0.15) is 23.1 Å². The van der Waals surface area contributed by atoms with E-state index in [1.54, 1.807) is 53.9 Å². The molecule has 7 nitrogen and oxygen atoms in total. The van der Waals surface area contributed by atoms with Gasteiger partial charge in [-0.2, -0.15) is 5.10 Å². The van der Waals surface area contributed by atoms with E-state index in [0.717, 1.165) is 0 Å². The molecule has 0 saturated carbocycles. The van der Waals surface area contributed by atoms with E-state index in [1.165, 1.54) is 12.1 Å². The first kappa shape index (κ1) is 16.7. The highest BCUT2D eigenvalue weighted by atomic mass is 19.1. The minimum Gasteiger partial charge on any atom is -0.336 e. The van der Waals surface area contributed by atoms with E-state index < -0.39 is 12.1 Å². The summed E-state index contributed by atoms with van der Waals surface area (Å²) in [5.41, 5.74) is 1.92. The Labute approximate surface area is 144 Å². The first-order chi connectivity index (χ1) is 11.9. The van der Waals surface area contributed by atoms with Crippen molar-refractivity contribution < 1.29 is 9.18 Å². The van der Waals surface area contributed by atoms with Crippen LogP contribution in [0.2, 0.25) is 0 Å². The van der Waals surface area contributed by atoms with Gasteiger partial charge in [0.25, 0.3) is 0 Å². The van der Waals surface area contributed by atoms with Gasteiger partial charge in [0, 0.05) is 32.7 Å². The van der Waals surface area contributed by atoms with Crippen molar-refractivity contribution in [3.05, 3.63) is 65.8 Å². The number of anilines is 1. The smallest absolute Gasteiger partial charge is 0.320 e. The molecule has 1 unspecified atom stereocenters. The number of imidazole rings is 1. The molecule has 0 aliphatic rings. The van der Waals surface area contributed by atoms with Crippen molar-refractivity contribution in [2.24, 2.45) is 14.1 Å². The fourth-order valence-electron chi connectivity index (χ4n) is 2.65. The number of amides is 2. The van der Waals surface area contributed by atoms with Crippen LogP contribution in [0, 0.1) is 12.7 Å². The Bertz CT molecular complexity index is 900. The lowest BCUT2D eigenvalue weighted by atomic mass is 10.1. The minimum absolute atomic E-state index is 0.373. The molecule has 2 heterocycles. The zero-order chi connectivity index (χ0) is 18.0. The summed E-state index contributed by atoms with van der Waals surface area (Å²) in [6, 6.07) is 5.08. The highest BCUT2D eigenvalue weighted by Gasteiger charge is 2.21. The van der Waals surface area contributed by atoms with Crippen molar-refractivity contribution in [3.63, 3.8) is 0 Å². The van der Waals surface area contributed by atoms with Crippen LogP contribution in [-0.2, 0) is 14.1 Å². The fraction of sp³-hybridized carbons (Fsp3) is 0.235. The molecule has 2 amide bonds. The third-order valence-electron chi connectivity index (χ3n) is 3.84. The second kappa shape index (κ2) is 6.76. The molecule has 8 heteroatoms. The fourth-order valence-corrected chi connectivity index (χ4v) is 2.65. The largest absolute Gasteiger partial charge is 0.336 e. The third-order valence-corrected chi connectivity index (χ3v) is 3.84. The molecule has 2 aromatic heterocycles. The maximum Gasteiger partial charge on any atom is 0.320 e. The summed E-state index contributed by atoms with van der Waals surface area (Å²) in [4.78, 5) is 16.7. The average molecular weight is 342 g/mol. The Kier molecular flexibility index (Phi) is 4.51. The Morgan fingerprint density at radius 2 is 2.12 bits per heavy atom. The molecule has 25 heavy (non-hydrogen) atoms. The maximum atomic E-state index is 13.6. The Hall–Kier alpha value is -3.16. The van der Waals surface area contributed by atoms with E-state index in [4.69, 9.17) is 0 Å².